The number of imidazole rings is 1. The molecule has 1 heterocycles. The molecule has 0 saturated carbocycles. The average molecular weight is 361 g/mol. The molecule has 0 aliphatic carbocycles. The standard InChI is InChI=1S/C16H15N3O3S2/c1-23-16-18-13-4-2-3-5-14(13)19(16)10-15(20)11-6-8-12(9-7-11)24(17,21)22/h2-9H,10H2,1H3,(H2,17,21,22). The third-order valence-corrected chi connectivity index (χ3v) is 5.21. The fourth-order valence-corrected chi connectivity index (χ4v) is 3.52. The number of sulfonamides is 1. The molecular weight excluding hydrogens is 346 g/mol. The molecule has 2 aromatic carbocycles. The van der Waals surface area contributed by atoms with Crippen molar-refractivity contribution in [2.75, 3.05) is 6.26 Å². The number of nitrogens with two attached hydrogens (primary N) is 1. The average Bonchev–Trinajstić information content (AvgIpc) is 2.92. The molecule has 24 heavy (non-hydrogen) atoms. The number of fused-ring (bicyclic) bond motifs is 1. The lowest BCUT2D eigenvalue weighted by Crippen LogP contribution is -2.14. The van der Waals surface area contributed by atoms with Gasteiger partial charge in [-0.15, -0.1) is 0 Å². The number of carbonyl (C=O) groups is 1. The number of thioether (sulfide) groups is 1. The highest BCUT2D eigenvalue weighted by molar-refractivity contribution is 7.98. The number of hydrogen-bond donors (Lipinski definition) is 1. The second kappa shape index (κ2) is 6.39. The Hall–Kier alpha value is -2.16. The number of nitrogens with zero attached hydrogens (tertiary/aromatic N) is 2. The number of primary sulfonamides is 1. The summed E-state index contributed by atoms with van der Waals surface area (Å²) in [7, 11) is -3.76. The van der Waals surface area contributed by atoms with Gasteiger partial charge in [-0.2, -0.15) is 0 Å². The lowest BCUT2D eigenvalue weighted by Gasteiger charge is -2.07. The zero-order valence-electron chi connectivity index (χ0n) is 12.8. The van der Waals surface area contributed by atoms with Crippen LogP contribution in [-0.4, -0.2) is 30.0 Å². The van der Waals surface area contributed by atoms with Gasteiger partial charge in [0.25, 0.3) is 0 Å². The van der Waals surface area contributed by atoms with Gasteiger partial charge in [-0.1, -0.05) is 23.9 Å². The summed E-state index contributed by atoms with van der Waals surface area (Å²) in [5, 5.41) is 5.82. The van der Waals surface area contributed by atoms with Crippen molar-refractivity contribution in [3.8, 4) is 0 Å². The Bertz CT molecular complexity index is 1010. The quantitative estimate of drug-likeness (QED) is 0.556. The summed E-state index contributed by atoms with van der Waals surface area (Å²) in [4.78, 5) is 17.0. The first-order valence-electron chi connectivity index (χ1n) is 7.05. The molecule has 0 amide bonds. The first-order valence-corrected chi connectivity index (χ1v) is 9.82. The van der Waals surface area contributed by atoms with Gasteiger partial charge in [0.2, 0.25) is 10.0 Å². The normalized spacial score (nSPS) is 11.8. The minimum Gasteiger partial charge on any atom is -0.311 e. The topological polar surface area (TPSA) is 95.0 Å². The molecule has 0 aliphatic rings. The number of Topliss-reactive ketones (excluding diaryl/α,β-unsaturated/α-hetero) is 1. The van der Waals surface area contributed by atoms with Gasteiger partial charge in [0, 0.05) is 5.56 Å². The van der Waals surface area contributed by atoms with Crippen LogP contribution in [0.1, 0.15) is 10.4 Å². The van der Waals surface area contributed by atoms with E-state index in [9.17, 15) is 13.2 Å². The predicted octanol–water partition coefficient (Wildman–Crippen LogP) is 2.29. The van der Waals surface area contributed by atoms with Crippen molar-refractivity contribution >= 4 is 38.6 Å². The Morgan fingerprint density at radius 1 is 1.17 bits per heavy atom. The largest absolute Gasteiger partial charge is 0.311 e. The van der Waals surface area contributed by atoms with Crippen molar-refractivity contribution in [2.45, 2.75) is 16.6 Å². The van der Waals surface area contributed by atoms with Gasteiger partial charge in [-0.05, 0) is 42.7 Å². The molecule has 0 fully saturated rings. The maximum absolute atomic E-state index is 12.5. The van der Waals surface area contributed by atoms with E-state index in [1.165, 1.54) is 36.0 Å². The fraction of sp³-hybridized carbons (Fsp3) is 0.125. The molecule has 0 saturated heterocycles. The summed E-state index contributed by atoms with van der Waals surface area (Å²) in [6, 6.07) is 13.2. The zero-order chi connectivity index (χ0) is 17.3. The molecule has 3 aromatic rings. The monoisotopic (exact) mass is 361 g/mol. The Labute approximate surface area is 143 Å². The lowest BCUT2D eigenvalue weighted by atomic mass is 10.1. The SMILES string of the molecule is CSc1nc2ccccc2n1CC(=O)c1ccc(S(N)(=O)=O)cc1. The second-order valence-electron chi connectivity index (χ2n) is 5.17. The van der Waals surface area contributed by atoms with Crippen LogP contribution in [0, 0.1) is 0 Å². The second-order valence-corrected chi connectivity index (χ2v) is 7.50. The van der Waals surface area contributed by atoms with Crippen LogP contribution < -0.4 is 5.14 Å². The Morgan fingerprint density at radius 2 is 1.83 bits per heavy atom. The minimum absolute atomic E-state index is 0.0167. The van der Waals surface area contributed by atoms with Crippen molar-refractivity contribution < 1.29 is 13.2 Å². The molecule has 0 spiro atoms. The van der Waals surface area contributed by atoms with Crippen LogP contribution in [0.25, 0.3) is 11.0 Å². The van der Waals surface area contributed by atoms with E-state index in [4.69, 9.17) is 5.14 Å². The Kier molecular flexibility index (Phi) is 4.44. The van der Waals surface area contributed by atoms with Crippen LogP contribution in [0.5, 0.6) is 0 Å². The Morgan fingerprint density at radius 3 is 2.46 bits per heavy atom. The van der Waals surface area contributed by atoms with E-state index in [0.29, 0.717) is 5.56 Å². The minimum atomic E-state index is -3.76. The van der Waals surface area contributed by atoms with Crippen molar-refractivity contribution in [2.24, 2.45) is 5.14 Å². The summed E-state index contributed by atoms with van der Waals surface area (Å²) < 4.78 is 24.4. The number of aromatic nitrogens is 2. The molecule has 0 radical (unpaired) electrons. The third kappa shape index (κ3) is 3.21. The molecule has 8 heteroatoms. The van der Waals surface area contributed by atoms with Gasteiger partial charge in [-0.25, -0.2) is 18.5 Å². The third-order valence-electron chi connectivity index (χ3n) is 3.61. The number of ketones is 1. The highest BCUT2D eigenvalue weighted by atomic mass is 32.2. The zero-order valence-corrected chi connectivity index (χ0v) is 14.5. The first kappa shape index (κ1) is 16.7. The van der Waals surface area contributed by atoms with E-state index in [1.807, 2.05) is 35.1 Å². The summed E-state index contributed by atoms with van der Waals surface area (Å²) in [5.41, 5.74) is 2.14. The predicted molar refractivity (Wildman–Crippen MR) is 93.7 cm³/mol. The van der Waals surface area contributed by atoms with E-state index in [-0.39, 0.29) is 17.2 Å². The van der Waals surface area contributed by atoms with E-state index < -0.39 is 10.0 Å². The maximum Gasteiger partial charge on any atom is 0.238 e. The maximum atomic E-state index is 12.5. The van der Waals surface area contributed by atoms with E-state index in [1.54, 1.807) is 0 Å². The molecule has 0 bridgehead atoms. The van der Waals surface area contributed by atoms with Crippen LogP contribution in [0.2, 0.25) is 0 Å². The van der Waals surface area contributed by atoms with Crippen LogP contribution in [0.4, 0.5) is 0 Å². The number of hydrogen-bond acceptors (Lipinski definition) is 5. The van der Waals surface area contributed by atoms with Crippen LogP contribution >= 0.6 is 11.8 Å². The van der Waals surface area contributed by atoms with Crippen molar-refractivity contribution in [3.63, 3.8) is 0 Å². The van der Waals surface area contributed by atoms with Gasteiger partial charge in [0.05, 0.1) is 22.5 Å². The van der Waals surface area contributed by atoms with Crippen molar-refractivity contribution in [1.82, 2.24) is 9.55 Å². The van der Waals surface area contributed by atoms with Gasteiger partial charge >= 0.3 is 0 Å². The highest BCUT2D eigenvalue weighted by Gasteiger charge is 2.15. The van der Waals surface area contributed by atoms with Gasteiger partial charge in [-0.3, -0.25) is 4.79 Å². The van der Waals surface area contributed by atoms with Crippen molar-refractivity contribution in [1.29, 1.82) is 0 Å². The van der Waals surface area contributed by atoms with Crippen LogP contribution in [0.15, 0.2) is 58.6 Å². The smallest absolute Gasteiger partial charge is 0.238 e. The van der Waals surface area contributed by atoms with E-state index in [2.05, 4.69) is 4.98 Å². The van der Waals surface area contributed by atoms with Crippen LogP contribution in [-0.2, 0) is 16.6 Å². The number of para-hydroxylation sites is 2. The molecule has 124 valence electrons. The molecule has 2 N–H and O–H groups in total. The summed E-state index contributed by atoms with van der Waals surface area (Å²) >= 11 is 1.47. The number of carbonyl (C=O) groups excluding carboxylic acids is 1. The molecule has 3 rings (SSSR count). The first-order chi connectivity index (χ1) is 11.4. The molecule has 0 unspecified atom stereocenters. The number of rotatable bonds is 5. The van der Waals surface area contributed by atoms with E-state index in [0.717, 1.165) is 16.2 Å². The van der Waals surface area contributed by atoms with Crippen LogP contribution in [0.3, 0.4) is 0 Å². The molecule has 0 aliphatic heterocycles. The summed E-state index contributed by atoms with van der Waals surface area (Å²) in [5.74, 6) is -0.130. The molecule has 1 aromatic heterocycles. The summed E-state index contributed by atoms with van der Waals surface area (Å²) in [6.45, 7) is 0.130. The highest BCUT2D eigenvalue weighted by Crippen LogP contribution is 2.23. The fourth-order valence-electron chi connectivity index (χ4n) is 2.43. The number of benzene rings is 2. The van der Waals surface area contributed by atoms with Crippen molar-refractivity contribution in [3.05, 3.63) is 54.1 Å². The summed E-state index contributed by atoms with van der Waals surface area (Å²) in [6.07, 6.45) is 1.91. The van der Waals surface area contributed by atoms with Gasteiger partial charge in [0.15, 0.2) is 10.9 Å². The van der Waals surface area contributed by atoms with Gasteiger partial charge < -0.3 is 4.57 Å². The van der Waals surface area contributed by atoms with Gasteiger partial charge in [0.1, 0.15) is 0 Å². The van der Waals surface area contributed by atoms with E-state index >= 15 is 0 Å². The Balaban J connectivity index is 1.93. The molecular formula is C16H15N3O3S2. The lowest BCUT2D eigenvalue weighted by molar-refractivity contribution is 0.0970. The molecule has 6 nitrogen and oxygen atoms in total. The molecule has 0 atom stereocenters.